The fourth-order valence-electron chi connectivity index (χ4n) is 3.08. The van der Waals surface area contributed by atoms with E-state index in [1.54, 1.807) is 66.7 Å². The number of benzene rings is 3. The lowest BCUT2D eigenvalue weighted by atomic mass is 10.2. The molecule has 4 aromatic rings. The van der Waals surface area contributed by atoms with Crippen LogP contribution in [0, 0.1) is 0 Å². The van der Waals surface area contributed by atoms with Gasteiger partial charge in [-0.25, -0.2) is 0 Å². The van der Waals surface area contributed by atoms with Crippen LogP contribution in [0.1, 0.15) is 15.2 Å². The van der Waals surface area contributed by atoms with Crippen LogP contribution < -0.4 is 10.1 Å². The van der Waals surface area contributed by atoms with Gasteiger partial charge in [-0.15, -0.1) is 11.3 Å². The van der Waals surface area contributed by atoms with Crippen molar-refractivity contribution in [2.45, 2.75) is 5.75 Å². The summed E-state index contributed by atoms with van der Waals surface area (Å²) in [6.45, 7) is 0. The van der Waals surface area contributed by atoms with Gasteiger partial charge < -0.3 is 10.1 Å². The van der Waals surface area contributed by atoms with Crippen LogP contribution in [0.25, 0.3) is 10.1 Å². The van der Waals surface area contributed by atoms with Crippen molar-refractivity contribution in [1.29, 1.82) is 0 Å². The molecule has 0 radical (unpaired) electrons. The first-order valence-corrected chi connectivity index (χ1v) is 12.7. The molecule has 0 saturated heterocycles. The maximum atomic E-state index is 12.8. The number of hydrogen-bond donors (Lipinski definition) is 1. The van der Waals surface area contributed by atoms with Gasteiger partial charge in [-0.05, 0) is 65.5 Å². The van der Waals surface area contributed by atoms with Crippen LogP contribution in [0.4, 0.5) is 5.69 Å². The highest BCUT2D eigenvalue weighted by Crippen LogP contribution is 2.31. The number of ether oxygens (including phenoxy) is 1. The second-order valence-electron chi connectivity index (χ2n) is 7.04. The van der Waals surface area contributed by atoms with Crippen molar-refractivity contribution >= 4 is 66.3 Å². The number of amides is 1. The zero-order valence-electron chi connectivity index (χ0n) is 17.2. The van der Waals surface area contributed by atoms with Gasteiger partial charge in [-0.2, -0.15) is 8.42 Å². The minimum Gasteiger partial charge on any atom is -0.457 e. The molecule has 0 fully saturated rings. The first-order valence-electron chi connectivity index (χ1n) is 9.57. The number of anilines is 1. The van der Waals surface area contributed by atoms with Crippen molar-refractivity contribution in [2.24, 2.45) is 0 Å². The van der Waals surface area contributed by atoms with E-state index in [9.17, 15) is 13.2 Å². The summed E-state index contributed by atoms with van der Waals surface area (Å²) >= 11 is 13.4. The Bertz CT molecular complexity index is 1430. The molecule has 10 heteroatoms. The fraction of sp³-hybridized carbons (Fsp3) is 0.0870. The number of fused-ring (bicyclic) bond motifs is 1. The molecule has 170 valence electrons. The molecule has 1 N–H and O–H groups in total. The van der Waals surface area contributed by atoms with Crippen molar-refractivity contribution < 1.29 is 22.1 Å². The molecule has 0 aliphatic heterocycles. The highest BCUT2D eigenvalue weighted by atomic mass is 35.5. The predicted molar refractivity (Wildman–Crippen MR) is 132 cm³/mol. The van der Waals surface area contributed by atoms with E-state index < -0.39 is 10.1 Å². The maximum absolute atomic E-state index is 12.8. The minimum atomic E-state index is -3.63. The number of hydrogen-bond acceptors (Lipinski definition) is 6. The molecule has 0 saturated carbocycles. The second kappa shape index (κ2) is 9.70. The number of rotatable bonds is 7. The van der Waals surface area contributed by atoms with Crippen molar-refractivity contribution in [3.63, 3.8) is 0 Å². The first-order chi connectivity index (χ1) is 15.7. The molecule has 0 atom stereocenters. The topological polar surface area (TPSA) is 81.7 Å². The maximum Gasteiger partial charge on any atom is 0.271 e. The Morgan fingerprint density at radius 2 is 1.70 bits per heavy atom. The Morgan fingerprint density at radius 3 is 2.42 bits per heavy atom. The van der Waals surface area contributed by atoms with Gasteiger partial charge >= 0.3 is 0 Å². The molecule has 33 heavy (non-hydrogen) atoms. The molecule has 1 aromatic heterocycles. The molecule has 1 amide bonds. The summed E-state index contributed by atoms with van der Waals surface area (Å²) in [6.07, 6.45) is 0. The first kappa shape index (κ1) is 23.5. The van der Waals surface area contributed by atoms with E-state index in [0.29, 0.717) is 37.7 Å². The van der Waals surface area contributed by atoms with Crippen LogP contribution in [0.15, 0.2) is 66.7 Å². The van der Waals surface area contributed by atoms with Crippen LogP contribution in [-0.4, -0.2) is 21.4 Å². The van der Waals surface area contributed by atoms with Gasteiger partial charge in [0, 0.05) is 26.5 Å². The van der Waals surface area contributed by atoms with Crippen LogP contribution in [0.2, 0.25) is 10.0 Å². The molecule has 3 aromatic carbocycles. The van der Waals surface area contributed by atoms with E-state index in [4.69, 9.17) is 27.9 Å². The molecule has 6 nitrogen and oxygen atoms in total. The van der Waals surface area contributed by atoms with Gasteiger partial charge in [0.2, 0.25) is 0 Å². The van der Waals surface area contributed by atoms with Gasteiger partial charge in [-0.3, -0.25) is 8.98 Å². The van der Waals surface area contributed by atoms with E-state index in [1.807, 2.05) is 0 Å². The van der Waals surface area contributed by atoms with Crippen LogP contribution >= 0.6 is 34.5 Å². The summed E-state index contributed by atoms with van der Waals surface area (Å²) in [7, 11) is -2.50. The zero-order chi connectivity index (χ0) is 23.6. The molecule has 0 unspecified atom stereocenters. The normalized spacial score (nSPS) is 11.5. The smallest absolute Gasteiger partial charge is 0.271 e. The number of halogens is 2. The highest BCUT2D eigenvalue weighted by molar-refractivity contribution is 7.85. The molecule has 0 bridgehead atoms. The van der Waals surface area contributed by atoms with Gasteiger partial charge in [0.15, 0.2) is 0 Å². The van der Waals surface area contributed by atoms with Crippen LogP contribution in [0.3, 0.4) is 0 Å². The highest BCUT2D eigenvalue weighted by Gasteiger charge is 2.15. The summed E-state index contributed by atoms with van der Waals surface area (Å²) < 4.78 is 34.6. The second-order valence-corrected chi connectivity index (χ2v) is 10.7. The third kappa shape index (κ3) is 6.04. The van der Waals surface area contributed by atoms with Gasteiger partial charge in [0.05, 0.1) is 12.0 Å². The van der Waals surface area contributed by atoms with Crippen molar-refractivity contribution in [3.8, 4) is 11.5 Å². The van der Waals surface area contributed by atoms with Crippen molar-refractivity contribution in [1.82, 2.24) is 0 Å². The van der Waals surface area contributed by atoms with Gasteiger partial charge in [0.25, 0.3) is 16.0 Å². The number of thiophene rings is 1. The average molecular weight is 522 g/mol. The Balaban J connectivity index is 1.52. The van der Waals surface area contributed by atoms with E-state index in [2.05, 4.69) is 9.50 Å². The van der Waals surface area contributed by atoms with E-state index in [1.165, 1.54) is 11.3 Å². The third-order valence-corrected chi connectivity index (χ3v) is 7.36. The monoisotopic (exact) mass is 521 g/mol. The molecule has 1 heterocycles. The molecule has 0 aliphatic carbocycles. The number of nitrogens with one attached hydrogen (secondary N) is 1. The summed E-state index contributed by atoms with van der Waals surface area (Å²) in [6, 6.07) is 18.7. The van der Waals surface area contributed by atoms with Crippen molar-refractivity contribution in [3.05, 3.63) is 87.2 Å². The third-order valence-electron chi connectivity index (χ3n) is 4.58. The number of carbonyl (C=O) groups is 1. The SMILES string of the molecule is COS(=O)(=O)Cc1ccc2sc(C(=O)Nc3cc(Cl)cc(Oc4ccc(Cl)cc4)c3)cc2c1. The van der Waals surface area contributed by atoms with Gasteiger partial charge in [0.1, 0.15) is 17.3 Å². The van der Waals surface area contributed by atoms with Crippen LogP contribution in [-0.2, 0) is 20.1 Å². The minimum absolute atomic E-state index is 0.240. The molecule has 4 rings (SSSR count). The lowest BCUT2D eigenvalue weighted by molar-refractivity contribution is 0.103. The molecular formula is C23H17Cl2NO5S2. The summed E-state index contributed by atoms with van der Waals surface area (Å²) in [5, 5.41) is 4.59. The largest absolute Gasteiger partial charge is 0.457 e. The van der Waals surface area contributed by atoms with Crippen LogP contribution in [0.5, 0.6) is 11.5 Å². The summed E-state index contributed by atoms with van der Waals surface area (Å²) in [5.74, 6) is 0.479. The van der Waals surface area contributed by atoms with Gasteiger partial charge in [-0.1, -0.05) is 29.3 Å². The number of carbonyl (C=O) groups excluding carboxylic acids is 1. The fourth-order valence-corrected chi connectivity index (χ4v) is 5.08. The van der Waals surface area contributed by atoms with E-state index in [-0.39, 0.29) is 11.7 Å². The Labute approximate surface area is 204 Å². The summed E-state index contributed by atoms with van der Waals surface area (Å²) in [5.41, 5.74) is 1.05. The average Bonchev–Trinajstić information content (AvgIpc) is 3.18. The Hall–Kier alpha value is -2.62. The lowest BCUT2D eigenvalue weighted by Crippen LogP contribution is -2.10. The quantitative estimate of drug-likeness (QED) is 0.272. The van der Waals surface area contributed by atoms with E-state index in [0.717, 1.165) is 17.2 Å². The Kier molecular flexibility index (Phi) is 6.92. The zero-order valence-corrected chi connectivity index (χ0v) is 20.3. The Morgan fingerprint density at radius 1 is 0.939 bits per heavy atom. The summed E-state index contributed by atoms with van der Waals surface area (Å²) in [4.78, 5) is 13.3. The lowest BCUT2D eigenvalue weighted by Gasteiger charge is -2.10. The molecular weight excluding hydrogens is 505 g/mol. The molecule has 0 aliphatic rings. The molecule has 0 spiro atoms. The predicted octanol–water partition coefficient (Wildman–Crippen LogP) is 6.73. The van der Waals surface area contributed by atoms with Crippen molar-refractivity contribution in [2.75, 3.05) is 12.4 Å². The van der Waals surface area contributed by atoms with E-state index >= 15 is 0 Å². The standard InChI is InChI=1S/C23H17Cl2NO5S2/c1-30-33(28,29)13-14-2-7-21-15(8-14)9-22(32-21)23(27)26-18-10-17(25)11-20(12-18)31-19-5-3-16(24)4-6-19/h2-12H,13H2,1H3,(H,26,27).